The van der Waals surface area contributed by atoms with E-state index in [4.69, 9.17) is 0 Å². The number of benzene rings is 1. The van der Waals surface area contributed by atoms with Gasteiger partial charge in [-0.2, -0.15) is 0 Å². The summed E-state index contributed by atoms with van der Waals surface area (Å²) in [5.41, 5.74) is 2.39. The van der Waals surface area contributed by atoms with Gasteiger partial charge in [0.1, 0.15) is 5.69 Å². The van der Waals surface area contributed by atoms with Crippen LogP contribution in [0, 0.1) is 12.8 Å². The van der Waals surface area contributed by atoms with E-state index in [0.29, 0.717) is 29.2 Å². The molecule has 1 atom stereocenters. The predicted molar refractivity (Wildman–Crippen MR) is 97.4 cm³/mol. The van der Waals surface area contributed by atoms with E-state index in [0.717, 1.165) is 18.4 Å². The topological polar surface area (TPSA) is 64.0 Å². The number of nitrogens with zero attached hydrogens (tertiary/aromatic N) is 2. The lowest BCUT2D eigenvalue weighted by Crippen LogP contribution is -2.32. The lowest BCUT2D eigenvalue weighted by molar-refractivity contribution is 0.0937. The van der Waals surface area contributed by atoms with Gasteiger partial charge in [0.25, 0.3) is 11.5 Å². The van der Waals surface area contributed by atoms with Crippen molar-refractivity contribution in [1.29, 1.82) is 0 Å². The third-order valence-electron chi connectivity index (χ3n) is 4.24. The number of nitrogens with one attached hydrogen (secondary N) is 1. The van der Waals surface area contributed by atoms with Gasteiger partial charge in [-0.25, -0.2) is 4.98 Å². The zero-order valence-electron chi connectivity index (χ0n) is 15.2. The second-order valence-corrected chi connectivity index (χ2v) is 6.80. The van der Waals surface area contributed by atoms with Crippen molar-refractivity contribution in [2.24, 2.45) is 5.92 Å². The molecular weight excluding hydrogens is 302 g/mol. The Kier molecular flexibility index (Phi) is 5.75. The maximum Gasteiger partial charge on any atom is 0.272 e. The Balaban J connectivity index is 2.26. The normalized spacial score (nSPS) is 12.6. The van der Waals surface area contributed by atoms with Gasteiger partial charge in [0, 0.05) is 18.2 Å². The number of hydrogen-bond acceptors (Lipinski definition) is 3. The monoisotopic (exact) mass is 329 g/mol. The lowest BCUT2D eigenvalue weighted by atomic mass is 10.0. The summed E-state index contributed by atoms with van der Waals surface area (Å²) in [4.78, 5) is 28.9. The Morgan fingerprint density at radius 2 is 1.96 bits per heavy atom. The number of hydrogen-bond donors (Lipinski definition) is 1. The maximum absolute atomic E-state index is 12.4. The van der Waals surface area contributed by atoms with Crippen molar-refractivity contribution in [3.05, 3.63) is 39.8 Å². The van der Waals surface area contributed by atoms with E-state index < -0.39 is 0 Å². The first-order chi connectivity index (χ1) is 11.3. The quantitative estimate of drug-likeness (QED) is 0.884. The fourth-order valence-electron chi connectivity index (χ4n) is 2.79. The second kappa shape index (κ2) is 7.60. The van der Waals surface area contributed by atoms with Crippen molar-refractivity contribution in [3.8, 4) is 0 Å². The Labute approximate surface area is 143 Å². The van der Waals surface area contributed by atoms with E-state index in [1.54, 1.807) is 29.7 Å². The summed E-state index contributed by atoms with van der Waals surface area (Å²) in [7, 11) is 0. The Bertz CT molecular complexity index is 793. The molecule has 1 heterocycles. The van der Waals surface area contributed by atoms with Crippen LogP contribution in [0.2, 0.25) is 0 Å². The summed E-state index contributed by atoms with van der Waals surface area (Å²) in [5.74, 6) is 0.532. The zero-order chi connectivity index (χ0) is 17.9. The largest absolute Gasteiger partial charge is 0.350 e. The maximum atomic E-state index is 12.4. The summed E-state index contributed by atoms with van der Waals surface area (Å²) in [5, 5.41) is 3.04. The minimum Gasteiger partial charge on any atom is -0.350 e. The molecule has 0 aliphatic rings. The third-order valence-corrected chi connectivity index (χ3v) is 4.24. The van der Waals surface area contributed by atoms with Crippen LogP contribution >= 0.6 is 0 Å². The molecule has 1 N–H and O–H groups in total. The predicted octanol–water partition coefficient (Wildman–Crippen LogP) is 3.28. The summed E-state index contributed by atoms with van der Waals surface area (Å²) in [6.07, 6.45) is 2.05. The number of aryl methyl sites for hydroxylation is 2. The van der Waals surface area contributed by atoms with Gasteiger partial charge >= 0.3 is 0 Å². The molecule has 24 heavy (non-hydrogen) atoms. The highest BCUT2D eigenvalue weighted by molar-refractivity contribution is 5.97. The molecular formula is C19H27N3O2. The molecule has 2 rings (SSSR count). The van der Waals surface area contributed by atoms with Crippen molar-refractivity contribution < 1.29 is 4.79 Å². The number of carbonyl (C=O) groups excluding carboxylic acids is 1. The van der Waals surface area contributed by atoms with Crippen LogP contribution in [-0.4, -0.2) is 21.5 Å². The fourth-order valence-corrected chi connectivity index (χ4v) is 2.79. The molecule has 1 aromatic heterocycles. The van der Waals surface area contributed by atoms with Gasteiger partial charge in [0.05, 0.1) is 11.0 Å². The van der Waals surface area contributed by atoms with Crippen LogP contribution in [0.25, 0.3) is 11.0 Å². The minimum absolute atomic E-state index is 0.0792. The second-order valence-electron chi connectivity index (χ2n) is 6.80. The summed E-state index contributed by atoms with van der Waals surface area (Å²) in [6.45, 7) is 10.6. The van der Waals surface area contributed by atoms with Gasteiger partial charge in [-0.15, -0.1) is 0 Å². The van der Waals surface area contributed by atoms with Gasteiger partial charge in [0.15, 0.2) is 0 Å². The van der Waals surface area contributed by atoms with Crippen molar-refractivity contribution in [1.82, 2.24) is 14.9 Å². The van der Waals surface area contributed by atoms with E-state index in [-0.39, 0.29) is 17.5 Å². The van der Waals surface area contributed by atoms with Gasteiger partial charge in [-0.1, -0.05) is 13.8 Å². The number of amides is 1. The highest BCUT2D eigenvalue weighted by Crippen LogP contribution is 2.14. The molecule has 0 spiro atoms. The van der Waals surface area contributed by atoms with E-state index in [2.05, 4.69) is 24.1 Å². The summed E-state index contributed by atoms with van der Waals surface area (Å²) in [6, 6.07) is 5.46. The first kappa shape index (κ1) is 18.2. The molecule has 0 unspecified atom stereocenters. The molecule has 5 heteroatoms. The molecule has 0 aliphatic carbocycles. The van der Waals surface area contributed by atoms with Crippen LogP contribution in [0.1, 0.15) is 56.6 Å². The summed E-state index contributed by atoms with van der Waals surface area (Å²) >= 11 is 0. The van der Waals surface area contributed by atoms with Gasteiger partial charge in [-0.05, 0) is 57.7 Å². The SMILES string of the molecule is CCn1c(=O)c(C)nc2cc(C(=O)N[C@H](C)CCC(C)C)ccc21. The molecule has 1 aromatic carbocycles. The Morgan fingerprint density at radius 3 is 2.58 bits per heavy atom. The van der Waals surface area contributed by atoms with Gasteiger partial charge < -0.3 is 9.88 Å². The van der Waals surface area contributed by atoms with Crippen LogP contribution in [-0.2, 0) is 6.54 Å². The molecule has 0 bridgehead atoms. The fraction of sp³-hybridized carbons (Fsp3) is 0.526. The van der Waals surface area contributed by atoms with Crippen molar-refractivity contribution in [2.75, 3.05) is 0 Å². The standard InChI is InChI=1S/C19H27N3O2/c1-6-22-17-10-9-15(11-16(17)21-14(5)19(22)24)18(23)20-13(4)8-7-12(2)3/h9-13H,6-8H2,1-5H3,(H,20,23)/t13-/m1/s1. The van der Waals surface area contributed by atoms with Gasteiger partial charge in [0.2, 0.25) is 0 Å². The van der Waals surface area contributed by atoms with E-state index in [1.807, 2.05) is 13.8 Å². The molecule has 1 amide bonds. The Morgan fingerprint density at radius 1 is 1.25 bits per heavy atom. The Hall–Kier alpha value is -2.17. The number of fused-ring (bicyclic) bond motifs is 1. The third kappa shape index (κ3) is 4.02. The van der Waals surface area contributed by atoms with Gasteiger partial charge in [-0.3, -0.25) is 9.59 Å². The van der Waals surface area contributed by atoms with Crippen molar-refractivity contribution in [2.45, 2.75) is 60.0 Å². The first-order valence-electron chi connectivity index (χ1n) is 8.65. The molecule has 0 saturated heterocycles. The molecule has 0 radical (unpaired) electrons. The van der Waals surface area contributed by atoms with Crippen molar-refractivity contribution in [3.63, 3.8) is 0 Å². The van der Waals surface area contributed by atoms with Crippen LogP contribution in [0.3, 0.4) is 0 Å². The van der Waals surface area contributed by atoms with Crippen LogP contribution < -0.4 is 10.9 Å². The number of aromatic nitrogens is 2. The molecule has 0 saturated carbocycles. The van der Waals surface area contributed by atoms with Crippen LogP contribution in [0.4, 0.5) is 0 Å². The molecule has 5 nitrogen and oxygen atoms in total. The highest BCUT2D eigenvalue weighted by Gasteiger charge is 2.13. The minimum atomic E-state index is -0.0955. The molecule has 0 aliphatic heterocycles. The number of rotatable bonds is 6. The first-order valence-corrected chi connectivity index (χ1v) is 8.65. The molecule has 130 valence electrons. The molecule has 2 aromatic rings. The average Bonchev–Trinajstić information content (AvgIpc) is 2.53. The van der Waals surface area contributed by atoms with Crippen molar-refractivity contribution >= 4 is 16.9 Å². The molecule has 0 fully saturated rings. The lowest BCUT2D eigenvalue weighted by Gasteiger charge is -2.15. The van der Waals surface area contributed by atoms with E-state index in [9.17, 15) is 9.59 Å². The van der Waals surface area contributed by atoms with E-state index in [1.165, 1.54) is 0 Å². The smallest absolute Gasteiger partial charge is 0.272 e. The zero-order valence-corrected chi connectivity index (χ0v) is 15.2. The van der Waals surface area contributed by atoms with Crippen LogP contribution in [0.15, 0.2) is 23.0 Å². The van der Waals surface area contributed by atoms with E-state index >= 15 is 0 Å². The average molecular weight is 329 g/mol. The number of carbonyl (C=O) groups is 1. The van der Waals surface area contributed by atoms with Crippen LogP contribution in [0.5, 0.6) is 0 Å². The summed E-state index contributed by atoms with van der Waals surface area (Å²) < 4.78 is 1.69. The highest BCUT2D eigenvalue weighted by atomic mass is 16.1.